The molecule has 12 heavy (non-hydrogen) atoms. The molecule has 0 aliphatic carbocycles. The zero-order valence-corrected chi connectivity index (χ0v) is 6.09. The Labute approximate surface area is 63.9 Å². The number of hydrogen-bond donors (Lipinski definition) is 1. The highest BCUT2D eigenvalue weighted by Gasteiger charge is 2.66. The molecule has 0 aromatic carbocycles. The third-order valence-electron chi connectivity index (χ3n) is 1.00. The lowest BCUT2D eigenvalue weighted by atomic mass is 10.4. The molecule has 0 saturated carbocycles. The third kappa shape index (κ3) is 1.66. The Hall–Kier alpha value is -0.440. The summed E-state index contributed by atoms with van der Waals surface area (Å²) in [5.74, 6) is 0. The lowest BCUT2D eigenvalue weighted by Crippen LogP contribution is -2.49. The van der Waals surface area contributed by atoms with E-state index in [9.17, 15) is 30.4 Å². The van der Waals surface area contributed by atoms with Gasteiger partial charge in [-0.25, -0.2) is 8.78 Å². The minimum absolute atomic E-state index is 2.88. The van der Waals surface area contributed by atoms with Gasteiger partial charge in [0.15, 0.2) is 0 Å². The summed E-state index contributed by atoms with van der Waals surface area (Å²) in [7, 11) is -6.14. The molecule has 3 nitrogen and oxygen atoms in total. The maximum atomic E-state index is 12.2. The first-order valence-corrected chi connectivity index (χ1v) is 3.79. The van der Waals surface area contributed by atoms with E-state index < -0.39 is 28.0 Å². The van der Waals surface area contributed by atoms with Crippen molar-refractivity contribution in [2.45, 2.75) is 11.2 Å². The van der Waals surface area contributed by atoms with E-state index in [4.69, 9.17) is 4.55 Å². The highest BCUT2D eigenvalue weighted by molar-refractivity contribution is 7.87. The number of rotatable bonds is 2. The van der Waals surface area contributed by atoms with Crippen molar-refractivity contribution in [2.24, 2.45) is 0 Å². The summed E-state index contributed by atoms with van der Waals surface area (Å²) in [5, 5.41) is -5.22. The summed E-state index contributed by atoms with van der Waals surface area (Å²) in [6, 6.07) is 0. The highest BCUT2D eigenvalue weighted by atomic mass is 32.2. The Morgan fingerprint density at radius 1 is 1.17 bits per heavy atom. The van der Waals surface area contributed by atoms with Crippen LogP contribution in [0.5, 0.6) is 0 Å². The van der Waals surface area contributed by atoms with Crippen LogP contribution >= 0.6 is 0 Å². The number of alkyl halides is 5. The monoisotopic (exact) mass is 214 g/mol. The van der Waals surface area contributed by atoms with Gasteiger partial charge in [0.05, 0.1) is 0 Å². The van der Waals surface area contributed by atoms with Gasteiger partial charge in [-0.1, -0.05) is 0 Å². The van der Waals surface area contributed by atoms with Crippen molar-refractivity contribution in [2.75, 3.05) is 6.67 Å². The Balaban J connectivity index is 5.25. The van der Waals surface area contributed by atoms with Crippen molar-refractivity contribution in [3.8, 4) is 0 Å². The van der Waals surface area contributed by atoms with E-state index in [-0.39, 0.29) is 0 Å². The van der Waals surface area contributed by atoms with Crippen LogP contribution in [0, 0.1) is 0 Å². The van der Waals surface area contributed by atoms with Crippen molar-refractivity contribution in [1.82, 2.24) is 0 Å². The van der Waals surface area contributed by atoms with Crippen molar-refractivity contribution in [3.63, 3.8) is 0 Å². The number of hydrogen-bond acceptors (Lipinski definition) is 2. The van der Waals surface area contributed by atoms with Crippen LogP contribution < -0.4 is 0 Å². The fraction of sp³-hybridized carbons (Fsp3) is 1.00. The molecule has 0 fully saturated rings. The molecule has 74 valence electrons. The van der Waals surface area contributed by atoms with Gasteiger partial charge < -0.3 is 0 Å². The molecular formula is C3H3F5O3S. The molecule has 0 radical (unpaired) electrons. The second-order valence-electron chi connectivity index (χ2n) is 1.83. The van der Waals surface area contributed by atoms with Gasteiger partial charge >= 0.3 is 21.3 Å². The Kier molecular flexibility index (Phi) is 2.70. The van der Waals surface area contributed by atoms with Crippen LogP contribution in [0.15, 0.2) is 0 Å². The van der Waals surface area contributed by atoms with Crippen LogP contribution in [0.2, 0.25) is 0 Å². The summed E-state index contributed by atoms with van der Waals surface area (Å²) in [4.78, 5) is 0. The van der Waals surface area contributed by atoms with Gasteiger partial charge in [-0.15, -0.1) is 0 Å². The van der Waals surface area contributed by atoms with Gasteiger partial charge in [0, 0.05) is 0 Å². The predicted octanol–water partition coefficient (Wildman–Crippen LogP) is 1.07. The zero-order valence-electron chi connectivity index (χ0n) is 5.27. The predicted molar refractivity (Wildman–Crippen MR) is 27.4 cm³/mol. The maximum Gasteiger partial charge on any atom is 0.442 e. The SMILES string of the molecule is O=S(=O)(O)C(F)(CF)C(F)(F)F. The first kappa shape index (κ1) is 11.6. The van der Waals surface area contributed by atoms with E-state index in [0.717, 1.165) is 0 Å². The summed E-state index contributed by atoms with van der Waals surface area (Å²) < 4.78 is 85.1. The minimum Gasteiger partial charge on any atom is -0.283 e. The Morgan fingerprint density at radius 3 is 1.50 bits per heavy atom. The fourth-order valence-corrected chi connectivity index (χ4v) is 0.721. The van der Waals surface area contributed by atoms with E-state index in [0.29, 0.717) is 0 Å². The van der Waals surface area contributed by atoms with Gasteiger partial charge in [0.1, 0.15) is 6.67 Å². The second-order valence-corrected chi connectivity index (χ2v) is 3.43. The van der Waals surface area contributed by atoms with Crippen LogP contribution in [0.4, 0.5) is 22.0 Å². The van der Waals surface area contributed by atoms with Gasteiger partial charge in [-0.3, -0.25) is 4.55 Å². The van der Waals surface area contributed by atoms with Gasteiger partial charge in [-0.05, 0) is 0 Å². The lowest BCUT2D eigenvalue weighted by Gasteiger charge is -2.20. The standard InChI is InChI=1S/C3H3F5O3S/c4-1-2(5,3(6,7)8)12(9,10)11/h1H2,(H,9,10,11). The van der Waals surface area contributed by atoms with Crippen LogP contribution in [0.1, 0.15) is 0 Å². The molecule has 0 aliphatic rings. The topological polar surface area (TPSA) is 54.4 Å². The minimum atomic E-state index is -6.14. The van der Waals surface area contributed by atoms with Crippen molar-refractivity contribution >= 4 is 10.1 Å². The summed E-state index contributed by atoms with van der Waals surface area (Å²) in [5.41, 5.74) is 0. The van der Waals surface area contributed by atoms with E-state index in [2.05, 4.69) is 0 Å². The fourth-order valence-electron chi connectivity index (χ4n) is 0.291. The molecule has 0 saturated heterocycles. The molecule has 0 aliphatic heterocycles. The zero-order chi connectivity index (χ0) is 10.2. The molecule has 9 heteroatoms. The highest BCUT2D eigenvalue weighted by Crippen LogP contribution is 2.38. The summed E-state index contributed by atoms with van der Waals surface area (Å²) >= 11 is 0. The quantitative estimate of drug-likeness (QED) is 0.552. The smallest absolute Gasteiger partial charge is 0.283 e. The molecule has 1 atom stereocenters. The molecule has 0 bridgehead atoms. The molecule has 0 heterocycles. The molecule has 0 spiro atoms. The largest absolute Gasteiger partial charge is 0.442 e. The average molecular weight is 214 g/mol. The first-order valence-electron chi connectivity index (χ1n) is 2.35. The van der Waals surface area contributed by atoms with Crippen LogP contribution in [0.25, 0.3) is 0 Å². The lowest BCUT2D eigenvalue weighted by molar-refractivity contribution is -0.203. The van der Waals surface area contributed by atoms with Crippen molar-refractivity contribution < 1.29 is 34.9 Å². The van der Waals surface area contributed by atoms with Gasteiger partial charge in [-0.2, -0.15) is 21.6 Å². The van der Waals surface area contributed by atoms with E-state index in [1.54, 1.807) is 0 Å². The molecular weight excluding hydrogens is 211 g/mol. The normalized spacial score (nSPS) is 18.8. The molecule has 0 amide bonds. The Bertz CT molecular complexity index is 256. The average Bonchev–Trinajstić information content (AvgIpc) is 1.81. The Morgan fingerprint density at radius 2 is 1.50 bits per heavy atom. The molecule has 1 unspecified atom stereocenters. The third-order valence-corrected chi connectivity index (χ3v) is 2.16. The molecule has 0 aromatic rings. The second kappa shape index (κ2) is 2.80. The van der Waals surface area contributed by atoms with Gasteiger partial charge in [0.2, 0.25) is 0 Å². The summed E-state index contributed by atoms with van der Waals surface area (Å²) in [6.45, 7) is -2.88. The van der Waals surface area contributed by atoms with Gasteiger partial charge in [0.25, 0.3) is 0 Å². The molecule has 0 rings (SSSR count). The van der Waals surface area contributed by atoms with E-state index in [1.807, 2.05) is 0 Å². The molecule has 1 N–H and O–H groups in total. The van der Waals surface area contributed by atoms with Crippen LogP contribution in [0.3, 0.4) is 0 Å². The van der Waals surface area contributed by atoms with Crippen molar-refractivity contribution in [1.29, 1.82) is 0 Å². The van der Waals surface area contributed by atoms with Crippen LogP contribution in [-0.4, -0.2) is 30.8 Å². The summed E-state index contributed by atoms with van der Waals surface area (Å²) in [6.07, 6.45) is -5.99. The molecule has 0 aromatic heterocycles. The number of halogens is 5. The van der Waals surface area contributed by atoms with E-state index in [1.165, 1.54) is 0 Å². The maximum absolute atomic E-state index is 12.2. The first-order chi connectivity index (χ1) is 5.06. The van der Waals surface area contributed by atoms with Crippen molar-refractivity contribution in [3.05, 3.63) is 0 Å². The van der Waals surface area contributed by atoms with E-state index >= 15 is 0 Å². The van der Waals surface area contributed by atoms with Crippen LogP contribution in [-0.2, 0) is 10.1 Å².